The van der Waals surface area contributed by atoms with Gasteiger partial charge < -0.3 is 10.6 Å². The van der Waals surface area contributed by atoms with Gasteiger partial charge in [0.25, 0.3) is 5.91 Å². The molecule has 4 rings (SSSR count). The number of anilines is 2. The van der Waals surface area contributed by atoms with E-state index in [4.69, 9.17) is 0 Å². The van der Waals surface area contributed by atoms with E-state index in [0.29, 0.717) is 23.2 Å². The first-order valence-corrected chi connectivity index (χ1v) is 11.5. The monoisotopic (exact) mass is 435 g/mol. The molecule has 0 saturated heterocycles. The maximum absolute atomic E-state index is 12.5. The SMILES string of the molecule is CS(=O)(=O)Nc1cccc(C(=O)Nc2ccc([C@@H]3C[C@H]3NCC3CC3)cc2)c1.Cl. The molecule has 0 spiro atoms. The summed E-state index contributed by atoms with van der Waals surface area (Å²) in [6.45, 7) is 1.14. The number of nitrogens with one attached hydrogen (secondary N) is 3. The molecule has 6 nitrogen and oxygen atoms in total. The quantitative estimate of drug-likeness (QED) is 0.591. The first-order valence-electron chi connectivity index (χ1n) is 9.60. The van der Waals surface area contributed by atoms with E-state index in [1.54, 1.807) is 18.2 Å². The number of rotatable bonds is 8. The maximum Gasteiger partial charge on any atom is 0.255 e. The van der Waals surface area contributed by atoms with Crippen molar-refractivity contribution < 1.29 is 13.2 Å². The standard InChI is InChI=1S/C21H25N3O3S.ClH/c1-28(26,27)24-18-4-2-3-16(11-18)21(25)23-17-9-7-15(8-10-17)19-12-20(19)22-13-14-5-6-14;/h2-4,7-11,14,19-20,22,24H,5-6,12-13H2,1H3,(H,23,25);1H/t19-,20+;/m0./s1. The van der Waals surface area contributed by atoms with Crippen molar-refractivity contribution in [2.75, 3.05) is 22.8 Å². The molecule has 156 valence electrons. The van der Waals surface area contributed by atoms with Crippen molar-refractivity contribution >= 4 is 39.7 Å². The predicted molar refractivity (Wildman–Crippen MR) is 118 cm³/mol. The summed E-state index contributed by atoms with van der Waals surface area (Å²) < 4.78 is 25.1. The van der Waals surface area contributed by atoms with Crippen LogP contribution in [-0.2, 0) is 10.0 Å². The van der Waals surface area contributed by atoms with Gasteiger partial charge in [-0.15, -0.1) is 12.4 Å². The van der Waals surface area contributed by atoms with Gasteiger partial charge in [0.15, 0.2) is 0 Å². The lowest BCUT2D eigenvalue weighted by Crippen LogP contribution is -2.20. The van der Waals surface area contributed by atoms with Gasteiger partial charge in [0, 0.05) is 28.9 Å². The van der Waals surface area contributed by atoms with Crippen molar-refractivity contribution in [3.63, 3.8) is 0 Å². The number of halogens is 1. The Labute approximate surface area is 177 Å². The van der Waals surface area contributed by atoms with Gasteiger partial charge in [-0.1, -0.05) is 18.2 Å². The molecule has 0 bridgehead atoms. The Kier molecular flexibility index (Phi) is 6.51. The van der Waals surface area contributed by atoms with Crippen LogP contribution in [0.2, 0.25) is 0 Å². The summed E-state index contributed by atoms with van der Waals surface area (Å²) in [7, 11) is -3.38. The minimum absolute atomic E-state index is 0. The molecule has 2 fully saturated rings. The lowest BCUT2D eigenvalue weighted by atomic mass is 10.1. The lowest BCUT2D eigenvalue weighted by Gasteiger charge is -2.09. The smallest absolute Gasteiger partial charge is 0.255 e. The zero-order chi connectivity index (χ0) is 19.7. The molecule has 0 aromatic heterocycles. The summed E-state index contributed by atoms with van der Waals surface area (Å²) in [6, 6.07) is 15.0. The fourth-order valence-electron chi connectivity index (χ4n) is 3.38. The predicted octanol–water partition coefficient (Wildman–Crippen LogP) is 3.59. The molecule has 3 N–H and O–H groups in total. The third-order valence-corrected chi connectivity index (χ3v) is 5.79. The first kappa shape index (κ1) is 21.6. The van der Waals surface area contributed by atoms with E-state index in [1.807, 2.05) is 12.1 Å². The number of sulfonamides is 1. The molecule has 2 aromatic rings. The molecule has 29 heavy (non-hydrogen) atoms. The Bertz CT molecular complexity index is 975. The van der Waals surface area contributed by atoms with Gasteiger partial charge in [-0.3, -0.25) is 9.52 Å². The van der Waals surface area contributed by atoms with Crippen molar-refractivity contribution in [3.05, 3.63) is 59.7 Å². The van der Waals surface area contributed by atoms with E-state index >= 15 is 0 Å². The van der Waals surface area contributed by atoms with Crippen molar-refractivity contribution in [1.82, 2.24) is 5.32 Å². The molecular formula is C21H26ClN3O3S. The van der Waals surface area contributed by atoms with Crippen LogP contribution in [0.1, 0.15) is 41.1 Å². The molecule has 2 aliphatic carbocycles. The van der Waals surface area contributed by atoms with Gasteiger partial charge in [-0.05, 0) is 67.6 Å². The summed E-state index contributed by atoms with van der Waals surface area (Å²) in [5.41, 5.74) is 2.78. The fourth-order valence-corrected chi connectivity index (χ4v) is 3.94. The van der Waals surface area contributed by atoms with E-state index in [2.05, 4.69) is 27.5 Å². The number of carbonyl (C=O) groups excluding carboxylic acids is 1. The van der Waals surface area contributed by atoms with Gasteiger partial charge in [-0.25, -0.2) is 8.42 Å². The second kappa shape index (κ2) is 8.73. The first-order chi connectivity index (χ1) is 13.4. The Morgan fingerprint density at radius 3 is 2.45 bits per heavy atom. The molecule has 0 aliphatic heterocycles. The minimum atomic E-state index is -3.38. The third kappa shape index (κ3) is 6.19. The van der Waals surface area contributed by atoms with Crippen LogP contribution >= 0.6 is 12.4 Å². The molecule has 8 heteroatoms. The molecule has 1 amide bonds. The number of hydrogen-bond donors (Lipinski definition) is 3. The number of amides is 1. The average molecular weight is 436 g/mol. The molecule has 2 saturated carbocycles. The Morgan fingerprint density at radius 1 is 1.07 bits per heavy atom. The maximum atomic E-state index is 12.5. The van der Waals surface area contributed by atoms with Gasteiger partial charge in [0.2, 0.25) is 10.0 Å². The minimum Gasteiger partial charge on any atom is -0.322 e. The molecular weight excluding hydrogens is 410 g/mol. The van der Waals surface area contributed by atoms with E-state index in [0.717, 1.165) is 24.4 Å². The number of hydrogen-bond acceptors (Lipinski definition) is 4. The van der Waals surface area contributed by atoms with Crippen molar-refractivity contribution in [2.45, 2.75) is 31.2 Å². The highest BCUT2D eigenvalue weighted by Crippen LogP contribution is 2.41. The second-order valence-corrected chi connectivity index (χ2v) is 9.58. The Morgan fingerprint density at radius 2 is 1.79 bits per heavy atom. The van der Waals surface area contributed by atoms with Crippen LogP contribution in [0.3, 0.4) is 0 Å². The topological polar surface area (TPSA) is 87.3 Å². The summed E-state index contributed by atoms with van der Waals surface area (Å²) in [5.74, 6) is 1.19. The molecule has 0 heterocycles. The Balaban J connectivity index is 0.00000240. The van der Waals surface area contributed by atoms with Crippen LogP contribution < -0.4 is 15.4 Å². The normalized spacial score (nSPS) is 20.4. The highest BCUT2D eigenvalue weighted by molar-refractivity contribution is 7.92. The average Bonchev–Trinajstić information content (AvgIpc) is 3.54. The molecule has 0 radical (unpaired) electrons. The zero-order valence-electron chi connectivity index (χ0n) is 16.2. The second-order valence-electron chi connectivity index (χ2n) is 7.83. The molecule has 2 atom stereocenters. The highest BCUT2D eigenvalue weighted by Gasteiger charge is 2.38. The summed E-state index contributed by atoms with van der Waals surface area (Å²) in [5, 5.41) is 6.50. The van der Waals surface area contributed by atoms with Crippen molar-refractivity contribution in [1.29, 1.82) is 0 Å². The third-order valence-electron chi connectivity index (χ3n) is 5.18. The number of carbonyl (C=O) groups is 1. The van der Waals surface area contributed by atoms with E-state index in [-0.39, 0.29) is 18.3 Å². The van der Waals surface area contributed by atoms with E-state index in [1.165, 1.54) is 30.9 Å². The zero-order valence-corrected chi connectivity index (χ0v) is 17.9. The molecule has 0 unspecified atom stereocenters. The van der Waals surface area contributed by atoms with Gasteiger partial charge in [0.1, 0.15) is 0 Å². The van der Waals surface area contributed by atoms with E-state index in [9.17, 15) is 13.2 Å². The van der Waals surface area contributed by atoms with Gasteiger partial charge in [0.05, 0.1) is 6.26 Å². The summed E-state index contributed by atoms with van der Waals surface area (Å²) in [6.07, 6.45) is 4.99. The highest BCUT2D eigenvalue weighted by atomic mass is 35.5. The summed E-state index contributed by atoms with van der Waals surface area (Å²) >= 11 is 0. The van der Waals surface area contributed by atoms with Crippen LogP contribution in [0.4, 0.5) is 11.4 Å². The van der Waals surface area contributed by atoms with Crippen molar-refractivity contribution in [2.24, 2.45) is 5.92 Å². The van der Waals surface area contributed by atoms with E-state index < -0.39 is 10.0 Å². The van der Waals surface area contributed by atoms with Gasteiger partial charge in [-0.2, -0.15) is 0 Å². The van der Waals surface area contributed by atoms with Crippen molar-refractivity contribution in [3.8, 4) is 0 Å². The molecule has 2 aromatic carbocycles. The fraction of sp³-hybridized carbons (Fsp3) is 0.381. The van der Waals surface area contributed by atoms with Crippen LogP contribution in [0.5, 0.6) is 0 Å². The van der Waals surface area contributed by atoms with Crippen LogP contribution in [0.25, 0.3) is 0 Å². The van der Waals surface area contributed by atoms with Gasteiger partial charge >= 0.3 is 0 Å². The Hall–Kier alpha value is -2.09. The van der Waals surface area contributed by atoms with Crippen LogP contribution in [-0.4, -0.2) is 33.2 Å². The summed E-state index contributed by atoms with van der Waals surface area (Å²) in [4.78, 5) is 12.5. The largest absolute Gasteiger partial charge is 0.322 e. The van der Waals surface area contributed by atoms with Crippen LogP contribution in [0.15, 0.2) is 48.5 Å². The molecule has 2 aliphatic rings. The van der Waals surface area contributed by atoms with Crippen LogP contribution in [0, 0.1) is 5.92 Å². The lowest BCUT2D eigenvalue weighted by molar-refractivity contribution is 0.102. The number of benzene rings is 2.